The largest absolute Gasteiger partial charge is 0.497 e. The Bertz CT molecular complexity index is 1570. The van der Waals surface area contributed by atoms with Crippen molar-refractivity contribution < 1.29 is 22.7 Å². The molecule has 0 aliphatic rings. The molecule has 0 radical (unpaired) electrons. The zero-order valence-electron chi connectivity index (χ0n) is 21.8. The Balaban J connectivity index is 1.42. The van der Waals surface area contributed by atoms with Crippen molar-refractivity contribution in [2.45, 2.75) is 23.5 Å². The number of hydrogen-bond donors (Lipinski definition) is 1. The maximum absolute atomic E-state index is 13.5. The Morgan fingerprint density at radius 1 is 0.846 bits per heavy atom. The van der Waals surface area contributed by atoms with Crippen LogP contribution in [0.2, 0.25) is 5.02 Å². The monoisotopic (exact) mass is 563 g/mol. The van der Waals surface area contributed by atoms with Gasteiger partial charge in [-0.15, -0.1) is 0 Å². The first-order valence-electron chi connectivity index (χ1n) is 12.5. The van der Waals surface area contributed by atoms with Crippen molar-refractivity contribution >= 4 is 27.3 Å². The average Bonchev–Trinajstić information content (AvgIpc) is 2.95. The molecule has 0 aliphatic heterocycles. The zero-order chi connectivity index (χ0) is 27.8. The van der Waals surface area contributed by atoms with Gasteiger partial charge in [0, 0.05) is 22.7 Å². The average molecular weight is 564 g/mol. The summed E-state index contributed by atoms with van der Waals surface area (Å²) in [6.45, 7) is 0.491. The second-order valence-corrected chi connectivity index (χ2v) is 11.4. The van der Waals surface area contributed by atoms with Gasteiger partial charge in [-0.25, -0.2) is 8.42 Å². The van der Waals surface area contributed by atoms with Crippen LogP contribution in [0.1, 0.15) is 27.9 Å². The molecule has 39 heavy (non-hydrogen) atoms. The third-order valence-corrected chi connectivity index (χ3v) is 8.32. The van der Waals surface area contributed by atoms with Gasteiger partial charge in [-0.3, -0.25) is 4.79 Å². The second-order valence-electron chi connectivity index (χ2n) is 9.02. The SMILES string of the molecule is COc1cccc(C(=O)NCCCc2cccc(CS(=O)(=O)c3cc(-c4ccccc4Cl)ccc3OC)c2)c1. The molecule has 0 fully saturated rings. The molecule has 0 unspecified atom stereocenters. The summed E-state index contributed by atoms with van der Waals surface area (Å²) in [5.41, 5.74) is 3.66. The smallest absolute Gasteiger partial charge is 0.251 e. The van der Waals surface area contributed by atoms with Crippen LogP contribution in [0, 0.1) is 0 Å². The number of amides is 1. The molecule has 4 rings (SSSR count). The minimum atomic E-state index is -3.72. The standard InChI is InChI=1S/C31H30ClNO5S/c1-37-26-12-6-11-25(19-26)31(34)33-17-7-10-22-8-5-9-23(18-22)21-39(35,36)30-20-24(15-16-29(30)38-2)27-13-3-4-14-28(27)32/h3-6,8-9,11-16,18-20H,7,10,17,21H2,1-2H3,(H,33,34). The van der Waals surface area contributed by atoms with Crippen molar-refractivity contribution in [2.24, 2.45) is 0 Å². The number of rotatable bonds is 11. The summed E-state index contributed by atoms with van der Waals surface area (Å²) >= 11 is 6.35. The van der Waals surface area contributed by atoms with E-state index in [1.807, 2.05) is 36.4 Å². The minimum absolute atomic E-state index is 0.119. The van der Waals surface area contributed by atoms with E-state index in [0.717, 1.165) is 11.1 Å². The molecular formula is C31H30ClNO5S. The molecule has 0 saturated carbocycles. The summed E-state index contributed by atoms with van der Waals surface area (Å²) in [6.07, 6.45) is 1.40. The van der Waals surface area contributed by atoms with E-state index in [9.17, 15) is 13.2 Å². The minimum Gasteiger partial charge on any atom is -0.497 e. The maximum atomic E-state index is 13.5. The van der Waals surface area contributed by atoms with Crippen molar-refractivity contribution in [1.82, 2.24) is 5.32 Å². The Morgan fingerprint density at radius 2 is 1.62 bits per heavy atom. The van der Waals surface area contributed by atoms with Gasteiger partial charge in [0.05, 0.1) is 20.0 Å². The van der Waals surface area contributed by atoms with Crippen molar-refractivity contribution in [3.63, 3.8) is 0 Å². The quantitative estimate of drug-likeness (QED) is 0.215. The van der Waals surface area contributed by atoms with E-state index in [1.54, 1.807) is 61.7 Å². The number of nitrogens with one attached hydrogen (secondary N) is 1. The van der Waals surface area contributed by atoms with Crippen LogP contribution in [0.4, 0.5) is 0 Å². The number of methoxy groups -OCH3 is 2. The van der Waals surface area contributed by atoms with Gasteiger partial charge in [-0.05, 0) is 65.9 Å². The fourth-order valence-corrected chi connectivity index (χ4v) is 6.10. The van der Waals surface area contributed by atoms with Gasteiger partial charge >= 0.3 is 0 Å². The first-order valence-corrected chi connectivity index (χ1v) is 14.5. The lowest BCUT2D eigenvalue weighted by Gasteiger charge is -2.13. The van der Waals surface area contributed by atoms with Gasteiger partial charge in [0.15, 0.2) is 9.84 Å². The van der Waals surface area contributed by atoms with Crippen LogP contribution in [0.15, 0.2) is 95.9 Å². The van der Waals surface area contributed by atoms with Crippen LogP contribution in [0.5, 0.6) is 11.5 Å². The molecule has 1 amide bonds. The predicted molar refractivity (Wildman–Crippen MR) is 154 cm³/mol. The van der Waals surface area contributed by atoms with Crippen LogP contribution in [-0.4, -0.2) is 35.1 Å². The van der Waals surface area contributed by atoms with Crippen molar-refractivity contribution in [3.05, 3.63) is 113 Å². The number of hydrogen-bond acceptors (Lipinski definition) is 5. The van der Waals surface area contributed by atoms with Crippen LogP contribution in [0.25, 0.3) is 11.1 Å². The molecule has 0 aliphatic carbocycles. The molecule has 4 aromatic carbocycles. The van der Waals surface area contributed by atoms with Crippen molar-refractivity contribution in [2.75, 3.05) is 20.8 Å². The molecule has 8 heteroatoms. The molecule has 202 valence electrons. The van der Waals surface area contributed by atoms with E-state index in [1.165, 1.54) is 7.11 Å². The zero-order valence-corrected chi connectivity index (χ0v) is 23.4. The number of halogens is 1. The molecule has 0 saturated heterocycles. The highest BCUT2D eigenvalue weighted by atomic mass is 35.5. The normalized spacial score (nSPS) is 11.2. The molecule has 0 bridgehead atoms. The highest BCUT2D eigenvalue weighted by Gasteiger charge is 2.22. The van der Waals surface area contributed by atoms with Gasteiger partial charge in [-0.1, -0.05) is 66.2 Å². The van der Waals surface area contributed by atoms with Gasteiger partial charge in [0.1, 0.15) is 16.4 Å². The molecule has 0 atom stereocenters. The highest BCUT2D eigenvalue weighted by Crippen LogP contribution is 2.34. The number of aryl methyl sites for hydroxylation is 1. The van der Waals surface area contributed by atoms with Gasteiger partial charge in [-0.2, -0.15) is 0 Å². The molecule has 0 spiro atoms. The van der Waals surface area contributed by atoms with E-state index >= 15 is 0 Å². The number of carbonyl (C=O) groups is 1. The van der Waals surface area contributed by atoms with E-state index in [2.05, 4.69) is 5.32 Å². The maximum Gasteiger partial charge on any atom is 0.251 e. The Hall–Kier alpha value is -3.81. The lowest BCUT2D eigenvalue weighted by molar-refractivity contribution is 0.0953. The summed E-state index contributed by atoms with van der Waals surface area (Å²) < 4.78 is 37.6. The summed E-state index contributed by atoms with van der Waals surface area (Å²) in [5, 5.41) is 3.46. The molecule has 6 nitrogen and oxygen atoms in total. The van der Waals surface area contributed by atoms with Crippen LogP contribution in [-0.2, 0) is 22.0 Å². The van der Waals surface area contributed by atoms with Gasteiger partial charge in [0.2, 0.25) is 0 Å². The third kappa shape index (κ3) is 7.19. The van der Waals surface area contributed by atoms with Gasteiger partial charge in [0.25, 0.3) is 5.91 Å². The number of ether oxygens (including phenoxy) is 2. The molecular weight excluding hydrogens is 534 g/mol. The number of carbonyl (C=O) groups excluding carboxylic acids is 1. The lowest BCUT2D eigenvalue weighted by Crippen LogP contribution is -2.24. The third-order valence-electron chi connectivity index (χ3n) is 6.29. The number of benzene rings is 4. The fourth-order valence-electron chi connectivity index (χ4n) is 4.32. The predicted octanol–water partition coefficient (Wildman–Crippen LogP) is 6.36. The van der Waals surface area contributed by atoms with Crippen LogP contribution in [0.3, 0.4) is 0 Å². The first-order chi connectivity index (χ1) is 18.8. The van der Waals surface area contributed by atoms with E-state index < -0.39 is 9.84 Å². The summed E-state index contributed by atoms with van der Waals surface area (Å²) in [4.78, 5) is 12.5. The highest BCUT2D eigenvalue weighted by molar-refractivity contribution is 7.90. The Morgan fingerprint density at radius 3 is 2.38 bits per heavy atom. The lowest BCUT2D eigenvalue weighted by atomic mass is 10.1. The molecule has 0 aromatic heterocycles. The summed E-state index contributed by atoms with van der Waals surface area (Å²) in [7, 11) is -0.709. The Kier molecular flexibility index (Phi) is 9.28. The van der Waals surface area contributed by atoms with Gasteiger partial charge < -0.3 is 14.8 Å². The number of sulfone groups is 1. The fraction of sp³-hybridized carbons (Fsp3) is 0.194. The van der Waals surface area contributed by atoms with Crippen LogP contribution < -0.4 is 14.8 Å². The molecule has 4 aromatic rings. The van der Waals surface area contributed by atoms with Crippen molar-refractivity contribution in [1.29, 1.82) is 0 Å². The summed E-state index contributed by atoms with van der Waals surface area (Å²) in [5.74, 6) is 0.577. The van der Waals surface area contributed by atoms with Crippen molar-refractivity contribution in [3.8, 4) is 22.6 Å². The summed E-state index contributed by atoms with van der Waals surface area (Å²) in [6, 6.07) is 26.9. The van der Waals surface area contributed by atoms with E-state index in [-0.39, 0.29) is 22.3 Å². The Labute approximate surface area is 234 Å². The van der Waals surface area contributed by atoms with E-state index in [4.69, 9.17) is 21.1 Å². The first kappa shape index (κ1) is 28.2. The molecule has 1 N–H and O–H groups in total. The van der Waals surface area contributed by atoms with E-state index in [0.29, 0.717) is 46.8 Å². The molecule has 0 heterocycles. The second kappa shape index (κ2) is 12.8. The van der Waals surface area contributed by atoms with Crippen LogP contribution >= 0.6 is 11.6 Å². The topological polar surface area (TPSA) is 81.7 Å².